The minimum absolute atomic E-state index is 0.590. The Bertz CT molecular complexity index is 1170. The van der Waals surface area contributed by atoms with Crippen molar-refractivity contribution in [1.29, 1.82) is 0 Å². The number of rotatable bonds is 6. The second-order valence-electron chi connectivity index (χ2n) is 6.53. The first-order valence-electron chi connectivity index (χ1n) is 9.40. The molecular formula is C22H18N8. The fourth-order valence-corrected chi connectivity index (χ4v) is 3.44. The summed E-state index contributed by atoms with van der Waals surface area (Å²) in [5, 5.41) is 13.1. The van der Waals surface area contributed by atoms with Crippen molar-refractivity contribution in [2.24, 2.45) is 10.2 Å². The van der Waals surface area contributed by atoms with E-state index >= 15 is 0 Å². The highest BCUT2D eigenvalue weighted by atomic mass is 15.4. The SMILES string of the molecule is C(=N\Nc1ncc[nH]1)/c1c2ccccc2c(/C=N/Nc2ncc[nH]2)c2ccccc12. The van der Waals surface area contributed by atoms with E-state index in [9.17, 15) is 0 Å². The molecule has 8 heteroatoms. The highest BCUT2D eigenvalue weighted by Gasteiger charge is 2.11. The van der Waals surface area contributed by atoms with Crippen molar-refractivity contribution in [3.05, 3.63) is 84.4 Å². The third-order valence-electron chi connectivity index (χ3n) is 4.74. The van der Waals surface area contributed by atoms with Gasteiger partial charge in [0, 0.05) is 35.9 Å². The van der Waals surface area contributed by atoms with Crippen molar-refractivity contribution in [1.82, 2.24) is 19.9 Å². The van der Waals surface area contributed by atoms with E-state index in [2.05, 4.69) is 65.3 Å². The molecule has 2 heterocycles. The predicted octanol–water partition coefficient (Wildman–Crippen LogP) is 4.33. The summed E-state index contributed by atoms with van der Waals surface area (Å²) < 4.78 is 0. The molecule has 0 bridgehead atoms. The van der Waals surface area contributed by atoms with E-state index in [-0.39, 0.29) is 0 Å². The van der Waals surface area contributed by atoms with Crippen molar-refractivity contribution in [2.45, 2.75) is 0 Å². The summed E-state index contributed by atoms with van der Waals surface area (Å²) in [6.07, 6.45) is 10.5. The Balaban J connectivity index is 1.62. The smallest absolute Gasteiger partial charge is 0.220 e. The van der Waals surface area contributed by atoms with Crippen LogP contribution < -0.4 is 10.9 Å². The van der Waals surface area contributed by atoms with Crippen LogP contribution in [-0.2, 0) is 0 Å². The Morgan fingerprint density at radius 1 is 0.633 bits per heavy atom. The first-order chi connectivity index (χ1) is 14.9. The van der Waals surface area contributed by atoms with Crippen LogP contribution in [0.25, 0.3) is 21.5 Å². The molecule has 0 aliphatic heterocycles. The molecule has 3 aromatic carbocycles. The van der Waals surface area contributed by atoms with E-state index in [0.29, 0.717) is 11.9 Å². The van der Waals surface area contributed by atoms with Gasteiger partial charge in [-0.1, -0.05) is 48.5 Å². The lowest BCUT2D eigenvalue weighted by molar-refractivity contribution is 1.20. The molecule has 146 valence electrons. The second kappa shape index (κ2) is 7.88. The number of aromatic nitrogens is 4. The number of hydrogen-bond acceptors (Lipinski definition) is 6. The van der Waals surface area contributed by atoms with Crippen molar-refractivity contribution in [3.63, 3.8) is 0 Å². The van der Waals surface area contributed by atoms with Gasteiger partial charge < -0.3 is 9.97 Å². The monoisotopic (exact) mass is 394 g/mol. The topological polar surface area (TPSA) is 106 Å². The Kier molecular flexibility index (Phi) is 4.63. The van der Waals surface area contributed by atoms with E-state index in [1.807, 2.05) is 36.7 Å². The predicted molar refractivity (Wildman–Crippen MR) is 121 cm³/mol. The summed E-state index contributed by atoms with van der Waals surface area (Å²) in [6, 6.07) is 16.5. The van der Waals surface area contributed by atoms with Gasteiger partial charge in [-0.25, -0.2) is 20.8 Å². The van der Waals surface area contributed by atoms with Crippen molar-refractivity contribution < 1.29 is 0 Å². The molecule has 0 atom stereocenters. The van der Waals surface area contributed by atoms with Gasteiger partial charge in [-0.2, -0.15) is 10.2 Å². The van der Waals surface area contributed by atoms with Crippen LogP contribution in [0.4, 0.5) is 11.9 Å². The third-order valence-corrected chi connectivity index (χ3v) is 4.74. The number of nitrogens with zero attached hydrogens (tertiary/aromatic N) is 4. The zero-order valence-electron chi connectivity index (χ0n) is 15.9. The van der Waals surface area contributed by atoms with Gasteiger partial charge in [-0.3, -0.25) is 0 Å². The van der Waals surface area contributed by atoms with Crippen LogP contribution in [0.1, 0.15) is 11.1 Å². The molecule has 30 heavy (non-hydrogen) atoms. The summed E-state index contributed by atoms with van der Waals surface area (Å²) >= 11 is 0. The minimum Gasteiger partial charge on any atom is -0.330 e. The Morgan fingerprint density at radius 2 is 1.03 bits per heavy atom. The second-order valence-corrected chi connectivity index (χ2v) is 6.53. The maximum Gasteiger partial charge on any atom is 0.220 e. The molecule has 0 unspecified atom stereocenters. The third kappa shape index (κ3) is 3.37. The zero-order chi connectivity index (χ0) is 20.2. The summed E-state index contributed by atoms with van der Waals surface area (Å²) in [5.74, 6) is 1.18. The number of hydrogen-bond donors (Lipinski definition) is 4. The molecule has 0 fully saturated rings. The molecule has 8 nitrogen and oxygen atoms in total. The number of hydrazone groups is 2. The molecule has 0 aliphatic carbocycles. The lowest BCUT2D eigenvalue weighted by Crippen LogP contribution is -1.98. The van der Waals surface area contributed by atoms with Crippen LogP contribution in [0.3, 0.4) is 0 Å². The maximum absolute atomic E-state index is 4.38. The molecule has 5 aromatic rings. The molecule has 2 aromatic heterocycles. The van der Waals surface area contributed by atoms with Crippen LogP contribution in [0.2, 0.25) is 0 Å². The van der Waals surface area contributed by atoms with E-state index in [1.165, 1.54) is 0 Å². The molecule has 0 amide bonds. The standard InChI is InChI=1S/C22H18N8/c1-2-6-16-15(5-1)19(13-27-29-21-23-9-10-24-21)17-7-3-4-8-18(17)20(16)14-28-30-22-25-11-12-26-22/h1-14H,(H2,23,24,29)(H2,25,26,30)/b27-13+,28-14+. The fourth-order valence-electron chi connectivity index (χ4n) is 3.44. The average Bonchev–Trinajstić information content (AvgIpc) is 3.49. The van der Waals surface area contributed by atoms with E-state index < -0.39 is 0 Å². The largest absolute Gasteiger partial charge is 0.330 e. The van der Waals surface area contributed by atoms with Gasteiger partial charge in [0.25, 0.3) is 0 Å². The maximum atomic E-state index is 4.38. The van der Waals surface area contributed by atoms with Crippen LogP contribution in [0, 0.1) is 0 Å². The number of H-pyrrole nitrogens is 2. The number of imidazole rings is 2. The Morgan fingerprint density at radius 3 is 1.37 bits per heavy atom. The summed E-state index contributed by atoms with van der Waals surface area (Å²) in [6.45, 7) is 0. The number of aromatic amines is 2. The summed E-state index contributed by atoms with van der Waals surface area (Å²) in [7, 11) is 0. The normalized spacial score (nSPS) is 11.7. The minimum atomic E-state index is 0.590. The van der Waals surface area contributed by atoms with Crippen LogP contribution in [0.15, 0.2) is 83.5 Å². The molecule has 0 saturated carbocycles. The lowest BCUT2D eigenvalue weighted by atomic mass is 9.92. The van der Waals surface area contributed by atoms with E-state index in [4.69, 9.17) is 0 Å². The molecule has 0 aliphatic rings. The summed E-state index contributed by atoms with van der Waals surface area (Å²) in [4.78, 5) is 14.2. The molecule has 0 radical (unpaired) electrons. The summed E-state index contributed by atoms with van der Waals surface area (Å²) in [5.41, 5.74) is 7.90. The lowest BCUT2D eigenvalue weighted by Gasteiger charge is -2.12. The zero-order valence-corrected chi connectivity index (χ0v) is 15.9. The Hall–Kier alpha value is -4.46. The molecule has 5 rings (SSSR count). The molecule has 0 spiro atoms. The van der Waals surface area contributed by atoms with Crippen LogP contribution in [0.5, 0.6) is 0 Å². The molecular weight excluding hydrogens is 376 g/mol. The van der Waals surface area contributed by atoms with Gasteiger partial charge in [-0.05, 0) is 21.5 Å². The number of fused-ring (bicyclic) bond motifs is 2. The van der Waals surface area contributed by atoms with Gasteiger partial charge in [0.1, 0.15) is 0 Å². The van der Waals surface area contributed by atoms with Crippen LogP contribution in [-0.4, -0.2) is 32.4 Å². The van der Waals surface area contributed by atoms with Crippen LogP contribution >= 0.6 is 0 Å². The van der Waals surface area contributed by atoms with Gasteiger partial charge in [0.05, 0.1) is 12.4 Å². The quantitative estimate of drug-likeness (QED) is 0.195. The van der Waals surface area contributed by atoms with Gasteiger partial charge in [-0.15, -0.1) is 0 Å². The fraction of sp³-hybridized carbons (Fsp3) is 0. The average molecular weight is 394 g/mol. The van der Waals surface area contributed by atoms with Crippen molar-refractivity contribution in [2.75, 3.05) is 10.9 Å². The Labute approximate surface area is 171 Å². The molecule has 0 saturated heterocycles. The highest BCUT2D eigenvalue weighted by Crippen LogP contribution is 2.31. The van der Waals surface area contributed by atoms with Crippen molar-refractivity contribution >= 4 is 45.9 Å². The number of benzene rings is 3. The van der Waals surface area contributed by atoms with Gasteiger partial charge >= 0.3 is 0 Å². The van der Waals surface area contributed by atoms with Crippen molar-refractivity contribution in [3.8, 4) is 0 Å². The highest BCUT2D eigenvalue weighted by molar-refractivity contribution is 6.21. The first-order valence-corrected chi connectivity index (χ1v) is 9.40. The molecule has 4 N–H and O–H groups in total. The van der Waals surface area contributed by atoms with Gasteiger partial charge in [0.2, 0.25) is 11.9 Å². The van der Waals surface area contributed by atoms with E-state index in [0.717, 1.165) is 32.7 Å². The number of anilines is 2. The first kappa shape index (κ1) is 17.6. The van der Waals surface area contributed by atoms with E-state index in [1.54, 1.807) is 24.8 Å². The number of nitrogens with one attached hydrogen (secondary N) is 4. The van der Waals surface area contributed by atoms with Gasteiger partial charge in [0.15, 0.2) is 0 Å².